The zero-order valence-electron chi connectivity index (χ0n) is 7.43. The average Bonchev–Trinajstić information content (AvgIpc) is 2.52. The van der Waals surface area contributed by atoms with Gasteiger partial charge in [0.2, 0.25) is 5.91 Å². The maximum Gasteiger partial charge on any atom is 0.226 e. The number of halogens is 2. The van der Waals surface area contributed by atoms with E-state index in [4.69, 9.17) is 11.6 Å². The molecule has 0 saturated carbocycles. The number of anilines is 1. The Labute approximate surface area is 100.0 Å². The highest BCUT2D eigenvalue weighted by Crippen LogP contribution is 2.23. The molecule has 1 heterocycles. The van der Waals surface area contributed by atoms with E-state index in [-0.39, 0.29) is 5.91 Å². The first kappa shape index (κ1) is 11.9. The fourth-order valence-electron chi connectivity index (χ4n) is 0.874. The van der Waals surface area contributed by atoms with Crippen LogP contribution in [0.5, 0.6) is 0 Å². The molecule has 1 amide bonds. The van der Waals surface area contributed by atoms with Crippen molar-refractivity contribution in [2.24, 2.45) is 0 Å². The van der Waals surface area contributed by atoms with E-state index < -0.39 is 0 Å². The molecule has 0 radical (unpaired) electrons. The summed E-state index contributed by atoms with van der Waals surface area (Å²) >= 11 is 10.2. The van der Waals surface area contributed by atoms with E-state index >= 15 is 0 Å². The van der Waals surface area contributed by atoms with Gasteiger partial charge in [-0.1, -0.05) is 11.3 Å². The molecule has 0 spiro atoms. The van der Waals surface area contributed by atoms with Crippen molar-refractivity contribution >= 4 is 49.9 Å². The van der Waals surface area contributed by atoms with Gasteiger partial charge in [0.15, 0.2) is 5.13 Å². The van der Waals surface area contributed by atoms with E-state index in [1.165, 1.54) is 11.3 Å². The highest BCUT2D eigenvalue weighted by atomic mass is 79.9. The smallest absolute Gasteiger partial charge is 0.226 e. The van der Waals surface area contributed by atoms with Crippen LogP contribution in [0.3, 0.4) is 0 Å². The molecule has 0 aliphatic heterocycles. The van der Waals surface area contributed by atoms with Crippen molar-refractivity contribution in [2.45, 2.75) is 19.3 Å². The summed E-state index contributed by atoms with van der Waals surface area (Å²) < 4.78 is 0.911. The summed E-state index contributed by atoms with van der Waals surface area (Å²) in [5.41, 5.74) is 0. The Morgan fingerprint density at radius 1 is 1.64 bits per heavy atom. The molecule has 14 heavy (non-hydrogen) atoms. The van der Waals surface area contributed by atoms with Gasteiger partial charge in [0.25, 0.3) is 0 Å². The van der Waals surface area contributed by atoms with Gasteiger partial charge in [-0.2, -0.15) is 0 Å². The largest absolute Gasteiger partial charge is 0.302 e. The lowest BCUT2D eigenvalue weighted by molar-refractivity contribution is -0.116. The van der Waals surface area contributed by atoms with Crippen molar-refractivity contribution in [3.63, 3.8) is 0 Å². The SMILES string of the molecule is O=C(CCCCCl)Nc1ncc(Br)s1. The number of carbonyl (C=O) groups excluding carboxylic acids is 1. The number of rotatable bonds is 5. The van der Waals surface area contributed by atoms with Gasteiger partial charge in [0, 0.05) is 12.3 Å². The number of amides is 1. The second-order valence-electron chi connectivity index (χ2n) is 2.66. The van der Waals surface area contributed by atoms with Crippen LogP contribution in [0.25, 0.3) is 0 Å². The molecule has 6 heteroatoms. The average molecular weight is 298 g/mol. The number of thiazole rings is 1. The second kappa shape index (κ2) is 6.37. The van der Waals surface area contributed by atoms with Gasteiger partial charge in [-0.3, -0.25) is 4.79 Å². The Kier molecular flexibility index (Phi) is 5.44. The minimum absolute atomic E-state index is 0.00281. The first-order chi connectivity index (χ1) is 6.72. The summed E-state index contributed by atoms with van der Waals surface area (Å²) in [5.74, 6) is 0.604. The number of aromatic nitrogens is 1. The van der Waals surface area contributed by atoms with Crippen LogP contribution in [0.1, 0.15) is 19.3 Å². The highest BCUT2D eigenvalue weighted by molar-refractivity contribution is 9.11. The summed E-state index contributed by atoms with van der Waals surface area (Å²) in [4.78, 5) is 15.3. The predicted molar refractivity (Wildman–Crippen MR) is 63.0 cm³/mol. The van der Waals surface area contributed by atoms with Gasteiger partial charge < -0.3 is 5.32 Å². The molecule has 0 fully saturated rings. The topological polar surface area (TPSA) is 42.0 Å². The lowest BCUT2D eigenvalue weighted by atomic mass is 10.2. The Morgan fingerprint density at radius 3 is 3.00 bits per heavy atom. The minimum Gasteiger partial charge on any atom is -0.302 e. The number of nitrogens with zero attached hydrogens (tertiary/aromatic N) is 1. The molecule has 0 saturated heterocycles. The lowest BCUT2D eigenvalue weighted by Gasteiger charge is -1.99. The van der Waals surface area contributed by atoms with Crippen molar-refractivity contribution < 1.29 is 4.79 Å². The summed E-state index contributed by atoms with van der Waals surface area (Å²) in [6, 6.07) is 0. The molecule has 0 unspecified atom stereocenters. The third kappa shape index (κ3) is 4.39. The number of hydrogen-bond donors (Lipinski definition) is 1. The zero-order valence-corrected chi connectivity index (χ0v) is 10.6. The number of nitrogens with one attached hydrogen (secondary N) is 1. The van der Waals surface area contributed by atoms with Gasteiger partial charge in [0.1, 0.15) is 0 Å². The van der Waals surface area contributed by atoms with E-state index in [9.17, 15) is 4.79 Å². The van der Waals surface area contributed by atoms with Gasteiger partial charge in [0.05, 0.1) is 9.98 Å². The molecule has 1 aromatic rings. The van der Waals surface area contributed by atoms with Gasteiger partial charge in [-0.05, 0) is 28.8 Å². The monoisotopic (exact) mass is 296 g/mol. The first-order valence-electron chi connectivity index (χ1n) is 4.19. The predicted octanol–water partition coefficient (Wildman–Crippen LogP) is 3.25. The van der Waals surface area contributed by atoms with E-state index in [2.05, 4.69) is 26.2 Å². The molecule has 0 aromatic carbocycles. The number of unbranched alkanes of at least 4 members (excludes halogenated alkanes) is 1. The van der Waals surface area contributed by atoms with Crippen LogP contribution in [-0.4, -0.2) is 16.8 Å². The van der Waals surface area contributed by atoms with Crippen LogP contribution in [-0.2, 0) is 4.79 Å². The Hall–Kier alpha value is -0.130. The van der Waals surface area contributed by atoms with Crippen molar-refractivity contribution in [1.82, 2.24) is 4.98 Å². The van der Waals surface area contributed by atoms with Crippen LogP contribution < -0.4 is 5.32 Å². The molecule has 1 N–H and O–H groups in total. The summed E-state index contributed by atoms with van der Waals surface area (Å²) in [6.45, 7) is 0. The molecule has 0 aliphatic carbocycles. The Morgan fingerprint density at radius 2 is 2.43 bits per heavy atom. The molecule has 0 aliphatic rings. The Balaban J connectivity index is 2.27. The number of alkyl halides is 1. The van der Waals surface area contributed by atoms with Gasteiger partial charge in [-0.25, -0.2) is 4.98 Å². The van der Waals surface area contributed by atoms with Crippen molar-refractivity contribution in [1.29, 1.82) is 0 Å². The molecular formula is C8H10BrClN2OS. The molecule has 0 bridgehead atoms. The van der Waals surface area contributed by atoms with Crippen molar-refractivity contribution in [2.75, 3.05) is 11.2 Å². The van der Waals surface area contributed by atoms with Crippen LogP contribution in [0.2, 0.25) is 0 Å². The van der Waals surface area contributed by atoms with Gasteiger partial charge >= 0.3 is 0 Å². The van der Waals surface area contributed by atoms with Crippen molar-refractivity contribution in [3.05, 3.63) is 9.98 Å². The second-order valence-corrected chi connectivity index (χ2v) is 5.45. The molecule has 1 rings (SSSR count). The van der Waals surface area contributed by atoms with Crippen LogP contribution in [0.4, 0.5) is 5.13 Å². The lowest BCUT2D eigenvalue weighted by Crippen LogP contribution is -2.10. The van der Waals surface area contributed by atoms with Crippen LogP contribution in [0, 0.1) is 0 Å². The van der Waals surface area contributed by atoms with E-state index in [1.54, 1.807) is 6.20 Å². The van der Waals surface area contributed by atoms with Crippen molar-refractivity contribution in [3.8, 4) is 0 Å². The van der Waals surface area contributed by atoms with Crippen LogP contribution in [0.15, 0.2) is 9.98 Å². The van der Waals surface area contributed by atoms with E-state index in [1.807, 2.05) is 0 Å². The maximum absolute atomic E-state index is 11.3. The first-order valence-corrected chi connectivity index (χ1v) is 6.34. The molecule has 0 atom stereocenters. The molecule has 78 valence electrons. The molecular weight excluding hydrogens is 288 g/mol. The number of hydrogen-bond acceptors (Lipinski definition) is 3. The minimum atomic E-state index is -0.00281. The molecule has 3 nitrogen and oxygen atoms in total. The normalized spacial score (nSPS) is 10.1. The summed E-state index contributed by atoms with van der Waals surface area (Å²) in [6.07, 6.45) is 3.86. The fraction of sp³-hybridized carbons (Fsp3) is 0.500. The summed E-state index contributed by atoms with van der Waals surface area (Å²) in [7, 11) is 0. The standard InChI is InChI=1S/C8H10BrClN2OS/c9-6-5-11-8(14-6)12-7(13)3-1-2-4-10/h5H,1-4H2,(H,11,12,13). The maximum atomic E-state index is 11.3. The number of carbonyl (C=O) groups is 1. The van der Waals surface area contributed by atoms with Gasteiger partial charge in [-0.15, -0.1) is 11.6 Å². The third-order valence-electron chi connectivity index (χ3n) is 1.51. The molecule has 1 aromatic heterocycles. The van der Waals surface area contributed by atoms with Crippen LogP contribution >= 0.6 is 38.9 Å². The van der Waals surface area contributed by atoms with E-state index in [0.29, 0.717) is 17.4 Å². The zero-order chi connectivity index (χ0) is 10.4. The van der Waals surface area contributed by atoms with E-state index in [0.717, 1.165) is 16.6 Å². The Bertz CT molecular complexity index is 305. The fourth-order valence-corrected chi connectivity index (χ4v) is 2.19. The highest BCUT2D eigenvalue weighted by Gasteiger charge is 2.04. The third-order valence-corrected chi connectivity index (χ3v) is 3.17. The summed E-state index contributed by atoms with van der Waals surface area (Å²) in [5, 5.41) is 3.35. The quantitative estimate of drug-likeness (QED) is 0.669.